The zero-order valence-electron chi connectivity index (χ0n) is 12.2. The lowest BCUT2D eigenvalue weighted by molar-refractivity contribution is -0.133. The number of carbonyl (C=O) groups is 2. The van der Waals surface area contributed by atoms with E-state index in [-0.39, 0.29) is 24.3 Å². The first-order chi connectivity index (χ1) is 9.79. The van der Waals surface area contributed by atoms with Gasteiger partial charge in [-0.1, -0.05) is 0 Å². The fourth-order valence-corrected chi connectivity index (χ4v) is 1.47. The number of hydrogen-bond acceptors (Lipinski definition) is 3. The summed E-state index contributed by atoms with van der Waals surface area (Å²) >= 11 is 0. The summed E-state index contributed by atoms with van der Waals surface area (Å²) in [6, 6.07) is 3.82. The molecule has 0 radical (unpaired) electrons. The van der Waals surface area contributed by atoms with Crippen LogP contribution in [0.1, 0.15) is 19.4 Å². The molecule has 0 spiro atoms. The Morgan fingerprint density at radius 1 is 1.38 bits per heavy atom. The van der Waals surface area contributed by atoms with Crippen LogP contribution in [0, 0.1) is 5.82 Å². The summed E-state index contributed by atoms with van der Waals surface area (Å²) in [5.74, 6) is -1.75. The Morgan fingerprint density at radius 3 is 2.62 bits per heavy atom. The van der Waals surface area contributed by atoms with E-state index in [9.17, 15) is 14.0 Å². The van der Waals surface area contributed by atoms with E-state index < -0.39 is 11.8 Å². The van der Waals surface area contributed by atoms with Crippen LogP contribution in [0.15, 0.2) is 24.3 Å². The first-order valence-corrected chi connectivity index (χ1v) is 6.39. The Balaban J connectivity index is 2.76. The Bertz CT molecular complexity index is 555. The van der Waals surface area contributed by atoms with Crippen molar-refractivity contribution < 1.29 is 23.8 Å². The van der Waals surface area contributed by atoms with Gasteiger partial charge in [-0.2, -0.15) is 0 Å². The molecule has 21 heavy (non-hydrogen) atoms. The van der Waals surface area contributed by atoms with Gasteiger partial charge in [-0.15, -0.1) is 0 Å². The number of rotatable bonds is 6. The van der Waals surface area contributed by atoms with Crippen LogP contribution >= 0.6 is 0 Å². The average Bonchev–Trinajstić information content (AvgIpc) is 2.41. The van der Waals surface area contributed by atoms with Crippen LogP contribution in [0.4, 0.5) is 4.39 Å². The standard InChI is InChI=1S/C15H18FNO4/c1-10(2)17(3)14(18)9-21-13-7-11(4-5-15(19)20)6-12(16)8-13/h4-8,10H,9H2,1-3H3,(H,19,20)/b5-4+. The maximum atomic E-state index is 13.4. The molecular weight excluding hydrogens is 277 g/mol. The predicted octanol–water partition coefficient (Wildman–Crippen LogP) is 2.17. The van der Waals surface area contributed by atoms with Crippen LogP contribution in [0.2, 0.25) is 0 Å². The first kappa shape index (κ1) is 16.7. The summed E-state index contributed by atoms with van der Waals surface area (Å²) in [6.07, 6.45) is 2.15. The lowest BCUT2D eigenvalue weighted by atomic mass is 10.2. The molecule has 0 saturated carbocycles. The average molecular weight is 295 g/mol. The van der Waals surface area contributed by atoms with Crippen LogP contribution < -0.4 is 4.74 Å². The molecule has 5 nitrogen and oxygen atoms in total. The van der Waals surface area contributed by atoms with Gasteiger partial charge in [0.1, 0.15) is 11.6 Å². The van der Waals surface area contributed by atoms with Gasteiger partial charge in [-0.25, -0.2) is 9.18 Å². The van der Waals surface area contributed by atoms with Gasteiger partial charge in [0.05, 0.1) is 0 Å². The molecule has 1 rings (SSSR count). The SMILES string of the molecule is CC(C)N(C)C(=O)COc1cc(F)cc(/C=C/C(=O)O)c1. The second kappa shape index (κ2) is 7.42. The zero-order chi connectivity index (χ0) is 16.0. The van der Waals surface area contributed by atoms with E-state index in [1.807, 2.05) is 13.8 Å². The van der Waals surface area contributed by atoms with Crippen LogP contribution in [0.3, 0.4) is 0 Å². The zero-order valence-corrected chi connectivity index (χ0v) is 12.2. The maximum absolute atomic E-state index is 13.4. The normalized spacial score (nSPS) is 10.9. The lowest BCUT2D eigenvalue weighted by Gasteiger charge is -2.21. The van der Waals surface area contributed by atoms with E-state index in [1.165, 1.54) is 23.1 Å². The Morgan fingerprint density at radius 2 is 2.05 bits per heavy atom. The van der Waals surface area contributed by atoms with E-state index in [4.69, 9.17) is 9.84 Å². The van der Waals surface area contributed by atoms with Crippen LogP contribution in [-0.4, -0.2) is 41.6 Å². The molecule has 0 unspecified atom stereocenters. The molecule has 0 heterocycles. The first-order valence-electron chi connectivity index (χ1n) is 6.39. The van der Waals surface area contributed by atoms with Crippen LogP contribution in [-0.2, 0) is 9.59 Å². The van der Waals surface area contributed by atoms with Gasteiger partial charge in [0, 0.05) is 25.2 Å². The summed E-state index contributed by atoms with van der Waals surface area (Å²) in [6.45, 7) is 3.53. The minimum Gasteiger partial charge on any atom is -0.484 e. The van der Waals surface area contributed by atoms with Crippen molar-refractivity contribution in [3.05, 3.63) is 35.7 Å². The molecule has 0 bridgehead atoms. The molecule has 1 aromatic rings. The van der Waals surface area contributed by atoms with Gasteiger partial charge in [0.2, 0.25) is 0 Å². The molecule has 0 aliphatic carbocycles. The molecule has 6 heteroatoms. The van der Waals surface area contributed by atoms with Crippen molar-refractivity contribution in [3.63, 3.8) is 0 Å². The van der Waals surface area contributed by atoms with Gasteiger partial charge >= 0.3 is 5.97 Å². The number of hydrogen-bond donors (Lipinski definition) is 1. The Kier molecular flexibility index (Phi) is 5.90. The highest BCUT2D eigenvalue weighted by Gasteiger charge is 2.12. The molecule has 114 valence electrons. The highest BCUT2D eigenvalue weighted by Crippen LogP contribution is 2.17. The molecule has 0 atom stereocenters. The van der Waals surface area contributed by atoms with Crippen molar-refractivity contribution in [2.24, 2.45) is 0 Å². The van der Waals surface area contributed by atoms with Gasteiger partial charge < -0.3 is 14.7 Å². The molecule has 1 amide bonds. The van der Waals surface area contributed by atoms with Crippen molar-refractivity contribution in [2.45, 2.75) is 19.9 Å². The number of amides is 1. The molecule has 1 aromatic carbocycles. The minimum absolute atomic E-state index is 0.0441. The minimum atomic E-state index is -1.13. The number of carboxylic acid groups (broad SMARTS) is 1. The number of carbonyl (C=O) groups excluding carboxylic acids is 1. The number of aliphatic carboxylic acids is 1. The number of likely N-dealkylation sites (N-methyl/N-ethyl adjacent to an activating group) is 1. The lowest BCUT2D eigenvalue weighted by Crippen LogP contribution is -2.36. The van der Waals surface area contributed by atoms with E-state index in [0.717, 1.165) is 12.1 Å². The summed E-state index contributed by atoms with van der Waals surface area (Å²) in [5.41, 5.74) is 0.345. The third-order valence-electron chi connectivity index (χ3n) is 2.84. The second-order valence-electron chi connectivity index (χ2n) is 4.78. The monoisotopic (exact) mass is 295 g/mol. The Labute approximate surface area is 122 Å². The number of halogens is 1. The predicted molar refractivity (Wildman–Crippen MR) is 76.5 cm³/mol. The van der Waals surface area contributed by atoms with Crippen molar-refractivity contribution >= 4 is 18.0 Å². The van der Waals surface area contributed by atoms with Gasteiger partial charge in [0.15, 0.2) is 6.61 Å². The number of ether oxygens (including phenoxy) is 1. The smallest absolute Gasteiger partial charge is 0.328 e. The van der Waals surface area contributed by atoms with Crippen LogP contribution in [0.25, 0.3) is 6.08 Å². The second-order valence-corrected chi connectivity index (χ2v) is 4.78. The van der Waals surface area contributed by atoms with Crippen molar-refractivity contribution in [3.8, 4) is 5.75 Å². The fraction of sp³-hybridized carbons (Fsp3) is 0.333. The molecule has 1 N–H and O–H groups in total. The quantitative estimate of drug-likeness (QED) is 0.817. The number of nitrogens with zero attached hydrogens (tertiary/aromatic N) is 1. The van der Waals surface area contributed by atoms with E-state index in [0.29, 0.717) is 5.56 Å². The van der Waals surface area contributed by atoms with Gasteiger partial charge in [0.25, 0.3) is 5.91 Å². The van der Waals surface area contributed by atoms with Gasteiger partial charge in [-0.3, -0.25) is 4.79 Å². The third kappa shape index (κ3) is 5.64. The molecule has 0 aliphatic heterocycles. The van der Waals surface area contributed by atoms with Crippen molar-refractivity contribution in [1.82, 2.24) is 4.90 Å². The van der Waals surface area contributed by atoms with E-state index in [2.05, 4.69) is 0 Å². The largest absolute Gasteiger partial charge is 0.484 e. The Hall–Kier alpha value is -2.37. The molecule has 0 fully saturated rings. The highest BCUT2D eigenvalue weighted by molar-refractivity contribution is 5.85. The maximum Gasteiger partial charge on any atom is 0.328 e. The summed E-state index contributed by atoms with van der Waals surface area (Å²) in [7, 11) is 1.66. The summed E-state index contributed by atoms with van der Waals surface area (Å²) in [5, 5.41) is 8.54. The number of carboxylic acids is 1. The van der Waals surface area contributed by atoms with E-state index >= 15 is 0 Å². The molecule has 0 aliphatic rings. The van der Waals surface area contributed by atoms with Crippen LogP contribution in [0.5, 0.6) is 5.75 Å². The molecule has 0 saturated heterocycles. The third-order valence-corrected chi connectivity index (χ3v) is 2.84. The van der Waals surface area contributed by atoms with Gasteiger partial charge in [-0.05, 0) is 37.6 Å². The van der Waals surface area contributed by atoms with Crippen molar-refractivity contribution in [1.29, 1.82) is 0 Å². The number of benzene rings is 1. The highest BCUT2D eigenvalue weighted by atomic mass is 19.1. The van der Waals surface area contributed by atoms with E-state index in [1.54, 1.807) is 7.05 Å². The molecular formula is C15H18FNO4. The fourth-order valence-electron chi connectivity index (χ4n) is 1.47. The summed E-state index contributed by atoms with van der Waals surface area (Å²) < 4.78 is 18.7. The molecule has 0 aromatic heterocycles. The topological polar surface area (TPSA) is 66.8 Å². The summed E-state index contributed by atoms with van der Waals surface area (Å²) in [4.78, 5) is 23.7. The van der Waals surface area contributed by atoms with Crippen molar-refractivity contribution in [2.75, 3.05) is 13.7 Å².